The first kappa shape index (κ1) is 23.6. The topological polar surface area (TPSA) is 12.9 Å². The van der Waals surface area contributed by atoms with Crippen LogP contribution in [0.15, 0.2) is 140 Å². The Balaban J connectivity index is 1.57. The third kappa shape index (κ3) is 5.05. The molecule has 5 aromatic carbocycles. The summed E-state index contributed by atoms with van der Waals surface area (Å²) in [6.45, 7) is 4.26. The number of nitrogens with zero attached hydrogens (tertiary/aromatic N) is 1. The van der Waals surface area contributed by atoms with Crippen molar-refractivity contribution in [2.75, 3.05) is 0 Å². The summed E-state index contributed by atoms with van der Waals surface area (Å²) in [6.07, 6.45) is 0. The fourth-order valence-corrected chi connectivity index (χ4v) is 4.83. The number of hydrogen-bond donors (Lipinski definition) is 0. The van der Waals surface area contributed by atoms with E-state index in [1.807, 2.05) is 12.1 Å². The maximum atomic E-state index is 5.08. The number of hydrogen-bond acceptors (Lipinski definition) is 1. The predicted octanol–water partition coefficient (Wildman–Crippen LogP) is 10.0. The van der Waals surface area contributed by atoms with Gasteiger partial charge in [0.2, 0.25) is 0 Å². The molecule has 6 rings (SSSR count). The van der Waals surface area contributed by atoms with E-state index in [-0.39, 0.29) is 0 Å². The molecule has 0 bridgehead atoms. The van der Waals surface area contributed by atoms with E-state index in [4.69, 9.17) is 4.98 Å². The molecule has 1 heteroatoms. The zero-order valence-corrected chi connectivity index (χ0v) is 21.7. The van der Waals surface area contributed by atoms with E-state index in [2.05, 4.69) is 141 Å². The highest BCUT2D eigenvalue weighted by Gasteiger charge is 2.12. The summed E-state index contributed by atoms with van der Waals surface area (Å²) in [4.78, 5) is 5.08. The van der Waals surface area contributed by atoms with E-state index >= 15 is 0 Å². The molecule has 0 aliphatic heterocycles. The molecule has 1 heterocycles. The molecule has 0 aliphatic carbocycles. The summed E-state index contributed by atoms with van der Waals surface area (Å²) in [6, 6.07) is 49.8. The Morgan fingerprint density at radius 3 is 1.05 bits per heavy atom. The fourth-order valence-electron chi connectivity index (χ4n) is 4.83. The molecule has 0 fully saturated rings. The molecule has 0 unspecified atom stereocenters. The van der Waals surface area contributed by atoms with Gasteiger partial charge >= 0.3 is 0 Å². The van der Waals surface area contributed by atoms with Crippen LogP contribution in [0, 0.1) is 13.8 Å². The largest absolute Gasteiger partial charge is 0.248 e. The van der Waals surface area contributed by atoms with Crippen molar-refractivity contribution >= 4 is 0 Å². The predicted molar refractivity (Wildman–Crippen MR) is 161 cm³/mol. The summed E-state index contributed by atoms with van der Waals surface area (Å²) in [5.74, 6) is 0. The molecule has 0 saturated heterocycles. The van der Waals surface area contributed by atoms with Crippen molar-refractivity contribution in [2.24, 2.45) is 0 Å². The van der Waals surface area contributed by atoms with Crippen molar-refractivity contribution in [3.8, 4) is 55.9 Å². The van der Waals surface area contributed by atoms with Gasteiger partial charge in [-0.1, -0.05) is 120 Å². The zero-order valence-electron chi connectivity index (χ0n) is 21.7. The molecule has 0 N–H and O–H groups in total. The molecule has 6 aromatic rings. The second kappa shape index (κ2) is 10.3. The maximum Gasteiger partial charge on any atom is 0.0715 e. The van der Waals surface area contributed by atoms with E-state index in [0.29, 0.717) is 0 Å². The highest BCUT2D eigenvalue weighted by Crippen LogP contribution is 2.36. The molecule has 38 heavy (non-hydrogen) atoms. The van der Waals surface area contributed by atoms with Crippen molar-refractivity contribution in [1.82, 2.24) is 4.98 Å². The molecule has 0 amide bonds. The van der Waals surface area contributed by atoms with Gasteiger partial charge in [0.25, 0.3) is 0 Å². The minimum Gasteiger partial charge on any atom is -0.248 e. The van der Waals surface area contributed by atoms with Crippen molar-refractivity contribution in [3.05, 3.63) is 151 Å². The Hall–Kier alpha value is -4.75. The highest BCUT2D eigenvalue weighted by atomic mass is 14.7. The van der Waals surface area contributed by atoms with E-state index in [1.165, 1.54) is 38.9 Å². The molecule has 0 radical (unpaired) electrons. The summed E-state index contributed by atoms with van der Waals surface area (Å²) in [5.41, 5.74) is 13.9. The van der Waals surface area contributed by atoms with Gasteiger partial charge in [0, 0.05) is 11.1 Å². The van der Waals surface area contributed by atoms with Crippen LogP contribution in [0.1, 0.15) is 11.1 Å². The fraction of sp³-hybridized carbons (Fsp3) is 0.0541. The first-order chi connectivity index (χ1) is 18.6. The lowest BCUT2D eigenvalue weighted by Gasteiger charge is -2.14. The standard InChI is InChI=1S/C37H29N/c1-26-13-17-28(18-14-26)32-21-33(29-19-15-27(2)16-20-29)23-34(22-32)35-24-36(30-9-5-3-6-10-30)38-37(25-35)31-11-7-4-8-12-31/h3-25H,1-2H3. The average Bonchev–Trinajstić information content (AvgIpc) is 2.98. The summed E-state index contributed by atoms with van der Waals surface area (Å²) >= 11 is 0. The van der Waals surface area contributed by atoms with Crippen LogP contribution in [0.2, 0.25) is 0 Å². The van der Waals surface area contributed by atoms with E-state index in [9.17, 15) is 0 Å². The van der Waals surface area contributed by atoms with Crippen molar-refractivity contribution in [1.29, 1.82) is 0 Å². The monoisotopic (exact) mass is 487 g/mol. The highest BCUT2D eigenvalue weighted by molar-refractivity contribution is 5.84. The van der Waals surface area contributed by atoms with E-state index in [1.54, 1.807) is 0 Å². The van der Waals surface area contributed by atoms with Gasteiger partial charge in [-0.3, -0.25) is 0 Å². The van der Waals surface area contributed by atoms with Crippen LogP contribution in [0.3, 0.4) is 0 Å². The minimum absolute atomic E-state index is 0.972. The Labute approximate surface area is 225 Å². The Morgan fingerprint density at radius 2 is 0.658 bits per heavy atom. The minimum atomic E-state index is 0.972. The lowest BCUT2D eigenvalue weighted by Crippen LogP contribution is -1.92. The van der Waals surface area contributed by atoms with Crippen LogP contribution in [-0.2, 0) is 0 Å². The molecule has 0 spiro atoms. The summed E-state index contributed by atoms with van der Waals surface area (Å²) in [7, 11) is 0. The zero-order chi connectivity index (χ0) is 25.9. The summed E-state index contributed by atoms with van der Waals surface area (Å²) in [5, 5.41) is 0. The third-order valence-corrected chi connectivity index (χ3v) is 7.00. The maximum absolute atomic E-state index is 5.08. The van der Waals surface area contributed by atoms with Gasteiger partial charge in [-0.25, -0.2) is 4.98 Å². The molecular formula is C37H29N. The molecule has 0 atom stereocenters. The van der Waals surface area contributed by atoms with Gasteiger partial charge in [0.1, 0.15) is 0 Å². The second-order valence-electron chi connectivity index (χ2n) is 9.89. The van der Waals surface area contributed by atoms with Gasteiger partial charge < -0.3 is 0 Å². The smallest absolute Gasteiger partial charge is 0.0715 e. The van der Waals surface area contributed by atoms with Crippen LogP contribution in [0.5, 0.6) is 0 Å². The SMILES string of the molecule is Cc1ccc(-c2cc(-c3ccc(C)cc3)cc(-c3cc(-c4ccccc4)nc(-c4ccccc4)c3)c2)cc1. The van der Waals surface area contributed by atoms with Gasteiger partial charge in [-0.2, -0.15) is 0 Å². The van der Waals surface area contributed by atoms with Gasteiger partial charge in [-0.05, 0) is 77.6 Å². The Kier molecular flexibility index (Phi) is 6.42. The first-order valence-electron chi connectivity index (χ1n) is 13.0. The summed E-state index contributed by atoms with van der Waals surface area (Å²) < 4.78 is 0. The van der Waals surface area contributed by atoms with Gasteiger partial charge in [0.15, 0.2) is 0 Å². The molecular weight excluding hydrogens is 458 g/mol. The van der Waals surface area contributed by atoms with Crippen LogP contribution in [-0.4, -0.2) is 4.98 Å². The van der Waals surface area contributed by atoms with Gasteiger partial charge in [-0.15, -0.1) is 0 Å². The molecule has 0 aliphatic rings. The lowest BCUT2D eigenvalue weighted by molar-refractivity contribution is 1.32. The Morgan fingerprint density at radius 1 is 0.316 bits per heavy atom. The van der Waals surface area contributed by atoms with Gasteiger partial charge in [0.05, 0.1) is 11.4 Å². The number of aromatic nitrogens is 1. The Bertz CT molecular complexity index is 1560. The molecule has 182 valence electrons. The van der Waals surface area contributed by atoms with E-state index < -0.39 is 0 Å². The van der Waals surface area contributed by atoms with Crippen molar-refractivity contribution < 1.29 is 0 Å². The number of rotatable bonds is 5. The van der Waals surface area contributed by atoms with Crippen molar-refractivity contribution in [2.45, 2.75) is 13.8 Å². The third-order valence-electron chi connectivity index (χ3n) is 7.00. The van der Waals surface area contributed by atoms with Crippen LogP contribution in [0.4, 0.5) is 0 Å². The average molecular weight is 488 g/mol. The molecule has 1 aromatic heterocycles. The lowest BCUT2D eigenvalue weighted by atomic mass is 9.92. The number of aryl methyl sites for hydroxylation is 2. The normalized spacial score (nSPS) is 10.9. The van der Waals surface area contributed by atoms with E-state index in [0.717, 1.165) is 28.1 Å². The van der Waals surface area contributed by atoms with Crippen LogP contribution in [0.25, 0.3) is 55.9 Å². The molecule has 0 saturated carbocycles. The number of pyridine rings is 1. The van der Waals surface area contributed by atoms with Crippen molar-refractivity contribution in [3.63, 3.8) is 0 Å². The number of benzene rings is 5. The van der Waals surface area contributed by atoms with Crippen LogP contribution >= 0.6 is 0 Å². The second-order valence-corrected chi connectivity index (χ2v) is 9.89. The quantitative estimate of drug-likeness (QED) is 0.236. The molecule has 1 nitrogen and oxygen atoms in total. The first-order valence-corrected chi connectivity index (χ1v) is 13.0. The van der Waals surface area contributed by atoms with Crippen LogP contribution < -0.4 is 0 Å².